The Morgan fingerprint density at radius 3 is 2.55 bits per heavy atom. The third kappa shape index (κ3) is 6.89. The van der Waals surface area contributed by atoms with Gasteiger partial charge in [0.2, 0.25) is 5.91 Å². The number of carbonyl (C=O) groups is 1. The van der Waals surface area contributed by atoms with Gasteiger partial charge in [-0.15, -0.1) is 0 Å². The van der Waals surface area contributed by atoms with E-state index in [4.69, 9.17) is 9.47 Å². The van der Waals surface area contributed by atoms with Crippen LogP contribution in [0.3, 0.4) is 0 Å². The van der Waals surface area contributed by atoms with Crippen molar-refractivity contribution < 1.29 is 19.4 Å². The van der Waals surface area contributed by atoms with Gasteiger partial charge in [0.1, 0.15) is 19.3 Å². The van der Waals surface area contributed by atoms with Gasteiger partial charge in [-0.1, -0.05) is 46.1 Å². The predicted molar refractivity (Wildman–Crippen MR) is 115 cm³/mol. The van der Waals surface area contributed by atoms with Gasteiger partial charge >= 0.3 is 0 Å². The van der Waals surface area contributed by atoms with Crippen LogP contribution in [0.25, 0.3) is 0 Å². The summed E-state index contributed by atoms with van der Waals surface area (Å²) in [6.45, 7) is 5.96. The average molecular weight is 407 g/mol. The third-order valence-electron chi connectivity index (χ3n) is 5.55. The molecule has 0 bridgehead atoms. The summed E-state index contributed by atoms with van der Waals surface area (Å²) in [4.78, 5) is 14.7. The number of hydrogen-bond acceptors (Lipinski definition) is 5. The fourth-order valence-electron chi connectivity index (χ4n) is 3.71. The van der Waals surface area contributed by atoms with Gasteiger partial charge in [0.15, 0.2) is 11.5 Å². The van der Waals surface area contributed by atoms with Crippen LogP contribution >= 0.6 is 0 Å². The van der Waals surface area contributed by atoms with Crippen molar-refractivity contribution in [3.8, 4) is 11.5 Å². The SMILES string of the molecule is C.CCCCCCCC(=O)N[C@H](CN1CCC1)[C@H](O)c1ccc2c(c1)OCCO2. The second-order valence-electron chi connectivity index (χ2n) is 7.84. The van der Waals surface area contributed by atoms with Crippen LogP contribution in [0.4, 0.5) is 0 Å². The molecule has 164 valence electrons. The second-order valence-corrected chi connectivity index (χ2v) is 7.84. The normalized spacial score (nSPS) is 17.6. The molecule has 2 N–H and O–H groups in total. The summed E-state index contributed by atoms with van der Waals surface area (Å²) in [7, 11) is 0. The topological polar surface area (TPSA) is 71.0 Å². The number of carbonyl (C=O) groups excluding carboxylic acids is 1. The summed E-state index contributed by atoms with van der Waals surface area (Å²) in [6, 6.07) is 5.20. The minimum absolute atomic E-state index is 0. The van der Waals surface area contributed by atoms with Crippen LogP contribution in [0.1, 0.15) is 71.0 Å². The second kappa shape index (κ2) is 12.0. The van der Waals surface area contributed by atoms with Crippen molar-refractivity contribution in [2.45, 2.75) is 71.4 Å². The Morgan fingerprint density at radius 2 is 1.86 bits per heavy atom. The molecule has 0 radical (unpaired) electrons. The molecule has 0 aromatic heterocycles. The Labute approximate surface area is 175 Å². The first-order valence-corrected chi connectivity index (χ1v) is 10.8. The highest BCUT2D eigenvalue weighted by Crippen LogP contribution is 2.33. The summed E-state index contributed by atoms with van der Waals surface area (Å²) >= 11 is 0. The zero-order chi connectivity index (χ0) is 19.8. The predicted octanol–water partition coefficient (Wildman–Crippen LogP) is 3.68. The smallest absolute Gasteiger partial charge is 0.220 e. The number of fused-ring (bicyclic) bond motifs is 1. The minimum Gasteiger partial charge on any atom is -0.486 e. The first kappa shape index (κ1) is 23.5. The number of aliphatic hydroxyl groups excluding tert-OH is 1. The number of aliphatic hydroxyl groups is 1. The number of ether oxygens (including phenoxy) is 2. The number of unbranched alkanes of at least 4 members (excludes halogenated alkanes) is 4. The largest absolute Gasteiger partial charge is 0.486 e. The van der Waals surface area contributed by atoms with Crippen molar-refractivity contribution in [1.29, 1.82) is 0 Å². The maximum Gasteiger partial charge on any atom is 0.220 e. The number of nitrogens with one attached hydrogen (secondary N) is 1. The van der Waals surface area contributed by atoms with E-state index in [-0.39, 0.29) is 19.4 Å². The van der Waals surface area contributed by atoms with E-state index in [0.29, 0.717) is 37.7 Å². The Balaban J connectivity index is 0.00000300. The van der Waals surface area contributed by atoms with E-state index in [2.05, 4.69) is 17.1 Å². The number of likely N-dealkylation sites (tertiary alicyclic amines) is 1. The van der Waals surface area contributed by atoms with Crippen molar-refractivity contribution >= 4 is 5.91 Å². The Kier molecular flexibility index (Phi) is 9.74. The van der Waals surface area contributed by atoms with Crippen molar-refractivity contribution in [3.63, 3.8) is 0 Å². The lowest BCUT2D eigenvalue weighted by molar-refractivity contribution is -0.123. The van der Waals surface area contributed by atoms with E-state index < -0.39 is 6.10 Å². The lowest BCUT2D eigenvalue weighted by Crippen LogP contribution is -2.50. The van der Waals surface area contributed by atoms with Gasteiger partial charge in [-0.05, 0) is 43.6 Å². The first-order valence-electron chi connectivity index (χ1n) is 10.8. The fraction of sp³-hybridized carbons (Fsp3) is 0.696. The molecule has 0 spiro atoms. The van der Waals surface area contributed by atoms with E-state index in [1.54, 1.807) is 0 Å². The molecule has 29 heavy (non-hydrogen) atoms. The molecule has 2 aliphatic heterocycles. The molecule has 2 atom stereocenters. The van der Waals surface area contributed by atoms with Crippen molar-refractivity contribution in [2.75, 3.05) is 32.8 Å². The molecule has 6 heteroatoms. The van der Waals surface area contributed by atoms with E-state index in [9.17, 15) is 9.90 Å². The zero-order valence-corrected chi connectivity index (χ0v) is 17.0. The Morgan fingerprint density at radius 1 is 1.14 bits per heavy atom. The van der Waals surface area contributed by atoms with Crippen LogP contribution in [-0.4, -0.2) is 54.8 Å². The number of rotatable bonds is 11. The van der Waals surface area contributed by atoms with E-state index >= 15 is 0 Å². The average Bonchev–Trinajstić information content (AvgIpc) is 2.68. The van der Waals surface area contributed by atoms with Gasteiger partial charge in [0.05, 0.1) is 6.04 Å². The summed E-state index contributed by atoms with van der Waals surface area (Å²) in [5, 5.41) is 14.1. The highest BCUT2D eigenvalue weighted by atomic mass is 16.6. The number of benzene rings is 1. The molecule has 1 fully saturated rings. The molecule has 1 aromatic rings. The van der Waals surface area contributed by atoms with Gasteiger partial charge in [0, 0.05) is 13.0 Å². The lowest BCUT2D eigenvalue weighted by Gasteiger charge is -2.36. The number of amides is 1. The molecular weight excluding hydrogens is 368 g/mol. The van der Waals surface area contributed by atoms with Gasteiger partial charge in [-0.3, -0.25) is 4.79 Å². The maximum atomic E-state index is 12.5. The van der Waals surface area contributed by atoms with E-state index in [1.807, 2.05) is 18.2 Å². The number of hydrogen-bond donors (Lipinski definition) is 2. The fourth-order valence-corrected chi connectivity index (χ4v) is 3.71. The molecule has 6 nitrogen and oxygen atoms in total. The van der Waals surface area contributed by atoms with E-state index in [1.165, 1.54) is 25.7 Å². The van der Waals surface area contributed by atoms with Gasteiger partial charge in [-0.25, -0.2) is 0 Å². The molecule has 0 saturated carbocycles. The molecule has 0 aliphatic carbocycles. The standard InChI is InChI=1S/C22H34N2O4.CH4/c1-2-3-4-5-6-8-21(25)23-18(16-24-11-7-12-24)22(26)17-9-10-19-20(15-17)28-14-13-27-19;/h9-10,15,18,22,26H,2-8,11-14,16H2,1H3,(H,23,25);1H4/t18-,22-;/m1./s1. The monoisotopic (exact) mass is 406 g/mol. The van der Waals surface area contributed by atoms with Gasteiger partial charge < -0.3 is 24.8 Å². The summed E-state index contributed by atoms with van der Waals surface area (Å²) in [6.07, 6.45) is 6.52. The van der Waals surface area contributed by atoms with Crippen LogP contribution in [0.5, 0.6) is 11.5 Å². The Hall–Kier alpha value is -1.79. The van der Waals surface area contributed by atoms with E-state index in [0.717, 1.165) is 31.5 Å². The highest BCUT2D eigenvalue weighted by molar-refractivity contribution is 5.76. The molecule has 2 aliphatic rings. The van der Waals surface area contributed by atoms with Crippen molar-refractivity contribution in [1.82, 2.24) is 10.2 Å². The van der Waals surface area contributed by atoms with Crippen LogP contribution in [0, 0.1) is 0 Å². The van der Waals surface area contributed by atoms with Crippen molar-refractivity contribution in [2.24, 2.45) is 0 Å². The van der Waals surface area contributed by atoms with Gasteiger partial charge in [-0.2, -0.15) is 0 Å². The molecular formula is C23H38N2O4. The van der Waals surface area contributed by atoms with Crippen molar-refractivity contribution in [3.05, 3.63) is 23.8 Å². The van der Waals surface area contributed by atoms with Gasteiger partial charge in [0.25, 0.3) is 0 Å². The molecule has 0 unspecified atom stereocenters. The highest BCUT2D eigenvalue weighted by Gasteiger charge is 2.28. The molecule has 1 aromatic carbocycles. The summed E-state index contributed by atoms with van der Waals surface area (Å²) < 4.78 is 11.2. The minimum atomic E-state index is -0.777. The van der Waals surface area contributed by atoms with Crippen LogP contribution < -0.4 is 14.8 Å². The molecule has 3 rings (SSSR count). The first-order chi connectivity index (χ1) is 13.7. The summed E-state index contributed by atoms with van der Waals surface area (Å²) in [5.74, 6) is 1.39. The van der Waals surface area contributed by atoms with Crippen LogP contribution in [-0.2, 0) is 4.79 Å². The summed E-state index contributed by atoms with van der Waals surface area (Å²) in [5.41, 5.74) is 0.748. The zero-order valence-electron chi connectivity index (χ0n) is 17.0. The molecule has 2 heterocycles. The van der Waals surface area contributed by atoms with Crippen LogP contribution in [0.2, 0.25) is 0 Å². The number of nitrogens with zero attached hydrogens (tertiary/aromatic N) is 1. The maximum absolute atomic E-state index is 12.5. The molecule has 1 amide bonds. The molecule has 1 saturated heterocycles. The van der Waals surface area contributed by atoms with Crippen LogP contribution in [0.15, 0.2) is 18.2 Å². The Bertz CT molecular complexity index is 633. The lowest BCUT2D eigenvalue weighted by atomic mass is 9.99. The third-order valence-corrected chi connectivity index (χ3v) is 5.55. The quantitative estimate of drug-likeness (QED) is 0.549.